The minimum Gasteiger partial charge on any atom is -0.481 e. The smallest absolute Gasteiger partial charge is 0.305 e. The summed E-state index contributed by atoms with van der Waals surface area (Å²) in [5, 5.41) is 35.9. The van der Waals surface area contributed by atoms with Crippen LogP contribution in [0.25, 0.3) is 0 Å². The number of aliphatic carboxylic acids is 4. The summed E-state index contributed by atoms with van der Waals surface area (Å²) in [5.41, 5.74) is 0. The van der Waals surface area contributed by atoms with E-state index in [0.29, 0.717) is 0 Å². The van der Waals surface area contributed by atoms with E-state index in [2.05, 4.69) is 0 Å². The van der Waals surface area contributed by atoms with Crippen LogP contribution in [0, 0.1) is 17.8 Å². The second-order valence-corrected chi connectivity index (χ2v) is 5.86. The van der Waals surface area contributed by atoms with Crippen molar-refractivity contribution < 1.29 is 53.1 Å². The van der Waals surface area contributed by atoms with Gasteiger partial charge >= 0.3 is 23.9 Å². The quantitative estimate of drug-likeness (QED) is 0.461. The number of carbonyl (C=O) groups is 4. The standard InChI is InChI=1S/C14H18F2O9/c15-14(16)13-7(3-11(21)22)5(1-9(17)18)6(2-10(19)20)8(25-13)4-12(23)24/h5-8,13-14H,1-4H2,(H,17,18)(H,19,20)(H,21,22)(H,23,24)/t5-,6+,7+,8?,13-/m1/s1. The Morgan fingerprint density at radius 3 is 1.52 bits per heavy atom. The van der Waals surface area contributed by atoms with Gasteiger partial charge in [0.2, 0.25) is 0 Å². The maximum Gasteiger partial charge on any atom is 0.305 e. The summed E-state index contributed by atoms with van der Waals surface area (Å²) in [5.74, 6) is -9.68. The van der Waals surface area contributed by atoms with Crippen molar-refractivity contribution in [1.82, 2.24) is 0 Å². The first-order valence-electron chi connectivity index (χ1n) is 7.33. The van der Waals surface area contributed by atoms with Crippen LogP contribution in [0.2, 0.25) is 0 Å². The first-order valence-corrected chi connectivity index (χ1v) is 7.33. The predicted molar refractivity (Wildman–Crippen MR) is 74.1 cm³/mol. The van der Waals surface area contributed by atoms with E-state index in [0.717, 1.165) is 0 Å². The maximum atomic E-state index is 13.3. The van der Waals surface area contributed by atoms with Crippen LogP contribution in [0.15, 0.2) is 0 Å². The molecule has 1 aliphatic rings. The lowest BCUT2D eigenvalue weighted by Crippen LogP contribution is -2.52. The second kappa shape index (κ2) is 8.70. The largest absolute Gasteiger partial charge is 0.481 e. The van der Waals surface area contributed by atoms with E-state index < -0.39 is 85.9 Å². The highest BCUT2D eigenvalue weighted by Crippen LogP contribution is 2.44. The summed E-state index contributed by atoms with van der Waals surface area (Å²) < 4.78 is 31.7. The molecule has 0 aromatic heterocycles. The molecule has 0 radical (unpaired) electrons. The molecule has 1 heterocycles. The molecule has 1 aliphatic heterocycles. The number of halogens is 2. The Bertz CT molecular complexity index is 536. The van der Waals surface area contributed by atoms with Gasteiger partial charge in [-0.1, -0.05) is 0 Å². The molecule has 1 fully saturated rings. The summed E-state index contributed by atoms with van der Waals surface area (Å²) in [4.78, 5) is 44.1. The average Bonchev–Trinajstić information content (AvgIpc) is 2.42. The fraction of sp³-hybridized carbons (Fsp3) is 0.714. The molecule has 1 rings (SSSR count). The summed E-state index contributed by atoms with van der Waals surface area (Å²) >= 11 is 0. The van der Waals surface area contributed by atoms with E-state index in [1.165, 1.54) is 0 Å². The van der Waals surface area contributed by atoms with Crippen molar-refractivity contribution in [3.8, 4) is 0 Å². The van der Waals surface area contributed by atoms with Crippen LogP contribution < -0.4 is 0 Å². The van der Waals surface area contributed by atoms with E-state index in [-0.39, 0.29) is 0 Å². The molecule has 0 bridgehead atoms. The normalized spacial score (nSPS) is 29.3. The van der Waals surface area contributed by atoms with E-state index in [1.807, 2.05) is 0 Å². The first kappa shape index (κ1) is 20.7. The van der Waals surface area contributed by atoms with Gasteiger partial charge in [0, 0.05) is 12.3 Å². The van der Waals surface area contributed by atoms with Gasteiger partial charge in [0.25, 0.3) is 6.43 Å². The third-order valence-electron chi connectivity index (χ3n) is 4.19. The summed E-state index contributed by atoms with van der Waals surface area (Å²) in [7, 11) is 0. The molecule has 11 heteroatoms. The minimum absolute atomic E-state index is 0.720. The molecule has 4 N–H and O–H groups in total. The number of hydrogen-bond acceptors (Lipinski definition) is 5. The Hall–Kier alpha value is -2.30. The molecule has 5 atom stereocenters. The Morgan fingerprint density at radius 1 is 0.720 bits per heavy atom. The average molecular weight is 368 g/mol. The molecule has 0 spiro atoms. The van der Waals surface area contributed by atoms with Crippen LogP contribution >= 0.6 is 0 Å². The Balaban J connectivity index is 3.31. The second-order valence-electron chi connectivity index (χ2n) is 5.86. The van der Waals surface area contributed by atoms with E-state index >= 15 is 0 Å². The zero-order chi connectivity index (χ0) is 19.3. The number of carboxylic acid groups (broad SMARTS) is 4. The molecular formula is C14H18F2O9. The van der Waals surface area contributed by atoms with Crippen molar-refractivity contribution in [2.75, 3.05) is 0 Å². The van der Waals surface area contributed by atoms with Crippen molar-refractivity contribution in [3.05, 3.63) is 0 Å². The van der Waals surface area contributed by atoms with E-state index in [9.17, 15) is 28.0 Å². The molecule has 0 aromatic carbocycles. The van der Waals surface area contributed by atoms with Gasteiger partial charge in [0.15, 0.2) is 0 Å². The van der Waals surface area contributed by atoms with Crippen LogP contribution in [0.3, 0.4) is 0 Å². The van der Waals surface area contributed by atoms with Crippen LogP contribution in [0.5, 0.6) is 0 Å². The Labute approximate surface area is 140 Å². The molecule has 0 aliphatic carbocycles. The maximum absolute atomic E-state index is 13.3. The Kier molecular flexibility index (Phi) is 7.22. The first-order chi connectivity index (χ1) is 11.5. The van der Waals surface area contributed by atoms with Gasteiger partial charge < -0.3 is 25.2 Å². The highest BCUT2D eigenvalue weighted by atomic mass is 19.3. The van der Waals surface area contributed by atoms with Crippen molar-refractivity contribution >= 4 is 23.9 Å². The van der Waals surface area contributed by atoms with Crippen LogP contribution in [-0.2, 0) is 23.9 Å². The van der Waals surface area contributed by atoms with E-state index in [1.54, 1.807) is 0 Å². The highest BCUT2D eigenvalue weighted by molar-refractivity contribution is 5.71. The monoisotopic (exact) mass is 368 g/mol. The lowest BCUT2D eigenvalue weighted by atomic mass is 9.69. The molecule has 9 nitrogen and oxygen atoms in total. The highest BCUT2D eigenvalue weighted by Gasteiger charge is 2.50. The fourth-order valence-electron chi connectivity index (χ4n) is 3.32. The zero-order valence-corrected chi connectivity index (χ0v) is 12.9. The molecular weight excluding hydrogens is 350 g/mol. The molecule has 0 aromatic rings. The number of hydrogen-bond donors (Lipinski definition) is 4. The van der Waals surface area contributed by atoms with Gasteiger partial charge in [-0.3, -0.25) is 19.2 Å². The number of alkyl halides is 2. The summed E-state index contributed by atoms with van der Waals surface area (Å²) in [6.45, 7) is 0. The number of rotatable bonds is 9. The van der Waals surface area contributed by atoms with E-state index in [4.69, 9.17) is 25.2 Å². The summed E-state index contributed by atoms with van der Waals surface area (Å²) in [6, 6.07) is 0. The number of ether oxygens (including phenoxy) is 1. The van der Waals surface area contributed by atoms with Gasteiger partial charge in [-0.05, 0) is 11.8 Å². The molecule has 0 amide bonds. The molecule has 0 saturated carbocycles. The van der Waals surface area contributed by atoms with Gasteiger partial charge in [0.1, 0.15) is 6.10 Å². The minimum atomic E-state index is -3.18. The topological polar surface area (TPSA) is 158 Å². The molecule has 1 unspecified atom stereocenters. The predicted octanol–water partition coefficient (Wildman–Crippen LogP) is 0.766. The fourth-order valence-corrected chi connectivity index (χ4v) is 3.32. The van der Waals surface area contributed by atoms with Crippen molar-refractivity contribution in [1.29, 1.82) is 0 Å². The third kappa shape index (κ3) is 5.93. The van der Waals surface area contributed by atoms with Crippen molar-refractivity contribution in [3.63, 3.8) is 0 Å². The lowest BCUT2D eigenvalue weighted by molar-refractivity contribution is -0.205. The summed E-state index contributed by atoms with van der Waals surface area (Å²) in [6.07, 6.45) is -9.75. The van der Waals surface area contributed by atoms with Gasteiger partial charge in [-0.2, -0.15) is 0 Å². The molecule has 1 saturated heterocycles. The number of carboxylic acids is 4. The van der Waals surface area contributed by atoms with Gasteiger partial charge in [-0.25, -0.2) is 8.78 Å². The molecule has 25 heavy (non-hydrogen) atoms. The van der Waals surface area contributed by atoms with Gasteiger partial charge in [-0.15, -0.1) is 0 Å². The van der Waals surface area contributed by atoms with Crippen LogP contribution in [-0.4, -0.2) is 62.9 Å². The lowest BCUT2D eigenvalue weighted by Gasteiger charge is -2.45. The SMILES string of the molecule is O=C(O)CC1O[C@@H](C(F)F)[C@@H](CC(=O)O)[C@H](CC(=O)O)[C@@H]1CC(=O)O. The van der Waals surface area contributed by atoms with Crippen LogP contribution in [0.4, 0.5) is 8.78 Å². The Morgan fingerprint density at radius 2 is 1.12 bits per heavy atom. The zero-order valence-electron chi connectivity index (χ0n) is 12.9. The third-order valence-corrected chi connectivity index (χ3v) is 4.19. The van der Waals surface area contributed by atoms with Crippen molar-refractivity contribution in [2.24, 2.45) is 17.8 Å². The molecule has 142 valence electrons. The van der Waals surface area contributed by atoms with Crippen molar-refractivity contribution in [2.45, 2.75) is 44.3 Å². The van der Waals surface area contributed by atoms with Crippen LogP contribution in [0.1, 0.15) is 25.7 Å². The van der Waals surface area contributed by atoms with Gasteiger partial charge in [0.05, 0.1) is 25.4 Å².